The van der Waals surface area contributed by atoms with Crippen molar-refractivity contribution in [3.05, 3.63) is 50.8 Å². The number of hydrogen-bond acceptors (Lipinski definition) is 5. The van der Waals surface area contributed by atoms with Crippen molar-refractivity contribution < 1.29 is 0 Å². The third-order valence-electron chi connectivity index (χ3n) is 2.39. The van der Waals surface area contributed by atoms with Crippen LogP contribution in [0.1, 0.15) is 5.69 Å². The summed E-state index contributed by atoms with van der Waals surface area (Å²) >= 11 is 8.79. The van der Waals surface area contributed by atoms with E-state index in [1.807, 2.05) is 12.3 Å². The highest BCUT2D eigenvalue weighted by atomic mass is 35.5. The Bertz CT molecular complexity index is 812. The molecule has 0 saturated carbocycles. The molecule has 0 aliphatic carbocycles. The van der Waals surface area contributed by atoms with Gasteiger partial charge in [-0.2, -0.15) is 0 Å². The van der Waals surface area contributed by atoms with E-state index < -0.39 is 0 Å². The van der Waals surface area contributed by atoms with Crippen molar-refractivity contribution in [1.29, 1.82) is 0 Å². The van der Waals surface area contributed by atoms with E-state index >= 15 is 0 Å². The summed E-state index contributed by atoms with van der Waals surface area (Å²) in [6, 6.07) is 4.93. The number of nitrogens with zero attached hydrogens (tertiary/aromatic N) is 3. The third kappa shape index (κ3) is 2.65. The number of thiazole rings is 1. The summed E-state index contributed by atoms with van der Waals surface area (Å²) in [6.07, 6.45) is 1.56. The van der Waals surface area contributed by atoms with Crippen molar-refractivity contribution in [3.8, 4) is 0 Å². The zero-order chi connectivity index (χ0) is 13.4. The highest BCUT2D eigenvalue weighted by Crippen LogP contribution is 2.28. The molecule has 0 radical (unpaired) electrons. The Hall–Kier alpha value is -1.37. The topological polar surface area (TPSA) is 47.3 Å². The van der Waals surface area contributed by atoms with Crippen molar-refractivity contribution in [1.82, 2.24) is 14.4 Å². The molecule has 0 fully saturated rings. The molecule has 0 amide bonds. The molecular formula is C12H8ClN3OS2. The van der Waals surface area contributed by atoms with Gasteiger partial charge in [0.2, 0.25) is 0 Å². The fraction of sp³-hybridized carbons (Fsp3) is 0.0833. The molecule has 3 rings (SSSR count). The van der Waals surface area contributed by atoms with Crippen LogP contribution in [0.2, 0.25) is 5.02 Å². The van der Waals surface area contributed by atoms with Gasteiger partial charge in [0.05, 0.1) is 5.02 Å². The SMILES string of the molecule is Cc1csc(Sc2cc(=O)n3cc(Cl)ccc3n2)n1. The van der Waals surface area contributed by atoms with Crippen molar-refractivity contribution in [2.75, 3.05) is 0 Å². The predicted octanol–water partition coefficient (Wildman–Crippen LogP) is 3.26. The zero-order valence-electron chi connectivity index (χ0n) is 9.83. The first-order chi connectivity index (χ1) is 9.11. The predicted molar refractivity (Wildman–Crippen MR) is 77.4 cm³/mol. The van der Waals surface area contributed by atoms with Gasteiger partial charge in [-0.3, -0.25) is 9.20 Å². The van der Waals surface area contributed by atoms with Crippen LogP contribution in [0.4, 0.5) is 0 Å². The number of halogens is 1. The lowest BCUT2D eigenvalue weighted by atomic mass is 10.4. The maximum atomic E-state index is 12.0. The van der Waals surface area contributed by atoms with Gasteiger partial charge in [-0.25, -0.2) is 9.97 Å². The van der Waals surface area contributed by atoms with Gasteiger partial charge in [0.15, 0.2) is 4.34 Å². The van der Waals surface area contributed by atoms with Crippen LogP contribution in [0.5, 0.6) is 0 Å². The Morgan fingerprint density at radius 1 is 1.37 bits per heavy atom. The normalized spacial score (nSPS) is 11.1. The second-order valence-corrected chi connectivity index (χ2v) is 6.43. The molecule has 0 saturated heterocycles. The third-order valence-corrected chi connectivity index (χ3v) is 4.59. The van der Waals surface area contributed by atoms with Gasteiger partial charge in [-0.1, -0.05) is 11.6 Å². The van der Waals surface area contributed by atoms with E-state index in [0.29, 0.717) is 15.7 Å². The molecule has 0 spiro atoms. The van der Waals surface area contributed by atoms with Crippen LogP contribution in [0.15, 0.2) is 43.9 Å². The number of rotatable bonds is 2. The average molecular weight is 310 g/mol. The summed E-state index contributed by atoms with van der Waals surface area (Å²) < 4.78 is 2.31. The van der Waals surface area contributed by atoms with Crippen molar-refractivity contribution in [2.45, 2.75) is 16.3 Å². The van der Waals surface area contributed by atoms with Gasteiger partial charge in [-0.05, 0) is 30.8 Å². The first-order valence-corrected chi connectivity index (χ1v) is 7.48. The fourth-order valence-corrected chi connectivity index (χ4v) is 3.52. The van der Waals surface area contributed by atoms with Crippen LogP contribution in [-0.4, -0.2) is 14.4 Å². The van der Waals surface area contributed by atoms with Gasteiger partial charge in [0.25, 0.3) is 5.56 Å². The minimum atomic E-state index is -0.150. The first-order valence-electron chi connectivity index (χ1n) is 5.41. The second-order valence-electron chi connectivity index (χ2n) is 3.86. The van der Waals surface area contributed by atoms with Gasteiger partial charge in [0, 0.05) is 23.3 Å². The maximum absolute atomic E-state index is 12.0. The molecule has 7 heteroatoms. The molecule has 0 aromatic carbocycles. The molecule has 0 aliphatic rings. The molecule has 3 aromatic rings. The summed E-state index contributed by atoms with van der Waals surface area (Å²) in [5.41, 5.74) is 1.40. The van der Waals surface area contributed by atoms with Crippen LogP contribution in [-0.2, 0) is 0 Å². The zero-order valence-corrected chi connectivity index (χ0v) is 12.2. The number of fused-ring (bicyclic) bond motifs is 1. The van der Waals surface area contributed by atoms with E-state index in [1.54, 1.807) is 18.3 Å². The van der Waals surface area contributed by atoms with Crippen LogP contribution in [0.25, 0.3) is 5.65 Å². The van der Waals surface area contributed by atoms with Crippen molar-refractivity contribution >= 4 is 40.3 Å². The van der Waals surface area contributed by atoms with E-state index in [9.17, 15) is 4.79 Å². The lowest BCUT2D eigenvalue weighted by molar-refractivity contribution is 0.984. The molecule has 0 unspecified atom stereocenters. The quantitative estimate of drug-likeness (QED) is 0.682. The van der Waals surface area contributed by atoms with Gasteiger partial charge >= 0.3 is 0 Å². The van der Waals surface area contributed by atoms with Gasteiger partial charge in [-0.15, -0.1) is 11.3 Å². The smallest absolute Gasteiger partial charge is 0.259 e. The van der Waals surface area contributed by atoms with Gasteiger partial charge in [0.1, 0.15) is 10.7 Å². The highest BCUT2D eigenvalue weighted by Gasteiger charge is 2.07. The first kappa shape index (κ1) is 12.7. The van der Waals surface area contributed by atoms with Gasteiger partial charge < -0.3 is 0 Å². The number of pyridine rings is 1. The Balaban J connectivity index is 2.06. The number of aryl methyl sites for hydroxylation is 1. The minimum absolute atomic E-state index is 0.150. The Morgan fingerprint density at radius 3 is 2.95 bits per heavy atom. The highest BCUT2D eigenvalue weighted by molar-refractivity contribution is 8.01. The van der Waals surface area contributed by atoms with E-state index in [1.165, 1.54) is 33.6 Å². The van der Waals surface area contributed by atoms with E-state index in [2.05, 4.69) is 9.97 Å². The van der Waals surface area contributed by atoms with Crippen LogP contribution >= 0.6 is 34.7 Å². The lowest BCUT2D eigenvalue weighted by Crippen LogP contribution is -2.13. The van der Waals surface area contributed by atoms with Crippen LogP contribution < -0.4 is 5.56 Å². The molecule has 96 valence electrons. The molecular weight excluding hydrogens is 302 g/mol. The summed E-state index contributed by atoms with van der Waals surface area (Å²) in [7, 11) is 0. The fourth-order valence-electron chi connectivity index (χ4n) is 1.58. The Labute approximate surface area is 122 Å². The number of hydrogen-bond donors (Lipinski definition) is 0. The summed E-state index contributed by atoms with van der Waals surface area (Å²) in [6.45, 7) is 1.94. The summed E-state index contributed by atoms with van der Waals surface area (Å²) in [5.74, 6) is 0. The summed E-state index contributed by atoms with van der Waals surface area (Å²) in [4.78, 5) is 20.7. The molecule has 4 nitrogen and oxygen atoms in total. The molecule has 0 bridgehead atoms. The molecule has 3 heterocycles. The van der Waals surface area contributed by atoms with E-state index in [-0.39, 0.29) is 5.56 Å². The standard InChI is InChI=1S/C12H8ClN3OS2/c1-7-6-18-12(14-7)19-10-4-11(17)16-5-8(13)2-3-9(16)15-10/h2-6H,1H3. The van der Waals surface area contributed by atoms with Crippen LogP contribution in [0, 0.1) is 6.92 Å². The Kier molecular flexibility index (Phi) is 3.30. The number of aromatic nitrogens is 3. The minimum Gasteiger partial charge on any atom is -0.269 e. The Morgan fingerprint density at radius 2 is 2.21 bits per heavy atom. The van der Waals surface area contributed by atoms with Crippen molar-refractivity contribution in [3.63, 3.8) is 0 Å². The van der Waals surface area contributed by atoms with E-state index in [0.717, 1.165) is 10.0 Å². The monoisotopic (exact) mass is 309 g/mol. The average Bonchev–Trinajstić information content (AvgIpc) is 2.76. The lowest BCUT2D eigenvalue weighted by Gasteiger charge is -2.02. The second kappa shape index (κ2) is 4.96. The van der Waals surface area contributed by atoms with Crippen molar-refractivity contribution in [2.24, 2.45) is 0 Å². The van der Waals surface area contributed by atoms with Crippen LogP contribution in [0.3, 0.4) is 0 Å². The largest absolute Gasteiger partial charge is 0.269 e. The molecule has 3 aromatic heterocycles. The summed E-state index contributed by atoms with van der Waals surface area (Å²) in [5, 5.41) is 3.12. The molecule has 0 N–H and O–H groups in total. The molecule has 19 heavy (non-hydrogen) atoms. The van der Waals surface area contributed by atoms with E-state index in [4.69, 9.17) is 11.6 Å². The molecule has 0 atom stereocenters. The maximum Gasteiger partial charge on any atom is 0.259 e. The molecule has 0 aliphatic heterocycles.